The summed E-state index contributed by atoms with van der Waals surface area (Å²) in [6.07, 6.45) is 6.20. The number of nitrogens with one attached hydrogen (secondary N) is 1. The van der Waals surface area contributed by atoms with E-state index in [4.69, 9.17) is 15.4 Å². The highest BCUT2D eigenvalue weighted by molar-refractivity contribution is 5.97. The number of hydrogen-bond acceptors (Lipinski definition) is 17. The van der Waals surface area contributed by atoms with E-state index in [1.165, 1.54) is 7.11 Å². The highest BCUT2D eigenvalue weighted by Gasteiger charge is 2.13. The molecule has 0 radical (unpaired) electrons. The molecule has 1 amide bonds. The largest absolute Gasteiger partial charge is 0.453 e. The number of pyridine rings is 2. The maximum atomic E-state index is 11.0. The van der Waals surface area contributed by atoms with Gasteiger partial charge in [-0.2, -0.15) is 0 Å². The van der Waals surface area contributed by atoms with Crippen LogP contribution in [0.2, 0.25) is 0 Å². The SMILES string of the molecule is C/C(=N\OCCN)c1cnc2nnn(Cc3ccc4ncccc4c3)c2n1.COC(=O)NCCO/N=C(\C)c1cnc2nnn(Cc3ccc4ncccc4c3)c2n1. The lowest BCUT2D eigenvalue weighted by atomic mass is 10.1. The van der Waals surface area contributed by atoms with E-state index in [2.05, 4.69) is 83.0 Å². The van der Waals surface area contributed by atoms with Gasteiger partial charge in [0.25, 0.3) is 0 Å². The van der Waals surface area contributed by atoms with Crippen LogP contribution in [0, 0.1) is 0 Å². The molecule has 58 heavy (non-hydrogen) atoms. The number of nitrogens with two attached hydrogens (primary N) is 1. The van der Waals surface area contributed by atoms with E-state index in [0.29, 0.717) is 71.6 Å². The zero-order valence-corrected chi connectivity index (χ0v) is 31.8. The highest BCUT2D eigenvalue weighted by Crippen LogP contribution is 2.17. The minimum atomic E-state index is -0.524. The van der Waals surface area contributed by atoms with Crippen LogP contribution in [0.15, 0.2) is 95.8 Å². The summed E-state index contributed by atoms with van der Waals surface area (Å²) in [5.74, 6) is 0. The van der Waals surface area contributed by atoms with E-state index >= 15 is 0 Å². The molecule has 20 nitrogen and oxygen atoms in total. The molecule has 0 unspecified atom stereocenters. The van der Waals surface area contributed by atoms with Crippen molar-refractivity contribution in [3.05, 3.63) is 108 Å². The molecule has 0 saturated heterocycles. The minimum absolute atomic E-state index is 0.193. The summed E-state index contributed by atoms with van der Waals surface area (Å²) in [7, 11) is 1.30. The number of amides is 1. The molecule has 6 heterocycles. The van der Waals surface area contributed by atoms with Gasteiger partial charge in [-0.25, -0.2) is 34.1 Å². The standard InChI is InChI=1S/C20H20N8O3.C18H18N8O/c1-13(26-31-9-8-22-20(29)30-2)17-11-23-18-19(24-17)28(27-25-18)12-14-5-6-16-15(10-14)4-3-7-21-16;1-12(24-27-8-6-19)16-10-21-17-18(22-16)26(25-23-17)11-13-4-5-15-14(9-13)3-2-7-20-15/h3-7,10-11H,8-9,12H2,1-2H3,(H,22,29);2-5,7,9-10H,6,8,11,19H2,1H3/b26-13+;24-12+. The molecule has 20 heteroatoms. The molecule has 8 rings (SSSR count). The molecule has 0 spiro atoms. The molecule has 0 fully saturated rings. The zero-order valence-electron chi connectivity index (χ0n) is 31.8. The van der Waals surface area contributed by atoms with Crippen LogP contribution in [0.1, 0.15) is 36.4 Å². The average Bonchev–Trinajstić information content (AvgIpc) is 3.86. The zero-order chi connectivity index (χ0) is 40.3. The summed E-state index contributed by atoms with van der Waals surface area (Å²) in [6.45, 7) is 5.79. The molecular formula is C38H38N16O4. The minimum Gasteiger partial charge on any atom is -0.453 e. The van der Waals surface area contributed by atoms with Gasteiger partial charge < -0.3 is 25.5 Å². The third-order valence-corrected chi connectivity index (χ3v) is 8.46. The van der Waals surface area contributed by atoms with Crippen LogP contribution in [0.4, 0.5) is 4.79 Å². The van der Waals surface area contributed by atoms with E-state index in [-0.39, 0.29) is 13.2 Å². The Hall–Kier alpha value is -7.61. The predicted molar refractivity (Wildman–Crippen MR) is 214 cm³/mol. The summed E-state index contributed by atoms with van der Waals surface area (Å²) in [6, 6.07) is 20.0. The third-order valence-electron chi connectivity index (χ3n) is 8.46. The van der Waals surface area contributed by atoms with Gasteiger partial charge in [-0.3, -0.25) is 9.97 Å². The number of carbonyl (C=O) groups excluding carboxylic acids is 1. The van der Waals surface area contributed by atoms with E-state index < -0.39 is 6.09 Å². The first-order valence-electron chi connectivity index (χ1n) is 18.0. The first-order chi connectivity index (χ1) is 28.4. The molecular weight excluding hydrogens is 745 g/mol. The first kappa shape index (κ1) is 38.7. The van der Waals surface area contributed by atoms with Crippen molar-refractivity contribution in [1.82, 2.24) is 65.2 Å². The summed E-state index contributed by atoms with van der Waals surface area (Å²) in [5.41, 5.74) is 13.8. The van der Waals surface area contributed by atoms with Crippen LogP contribution >= 0.6 is 0 Å². The van der Waals surface area contributed by atoms with E-state index in [1.807, 2.05) is 48.5 Å². The molecule has 6 aromatic heterocycles. The van der Waals surface area contributed by atoms with Crippen molar-refractivity contribution in [3.8, 4) is 0 Å². The number of aromatic nitrogens is 12. The highest BCUT2D eigenvalue weighted by atomic mass is 16.6. The Morgan fingerprint density at radius 3 is 1.74 bits per heavy atom. The third kappa shape index (κ3) is 9.42. The fraction of sp³-hybridized carbons (Fsp3) is 0.237. The summed E-state index contributed by atoms with van der Waals surface area (Å²) in [5, 5.41) is 29.2. The molecule has 0 bridgehead atoms. The number of carbonyl (C=O) groups is 1. The molecule has 0 aliphatic rings. The van der Waals surface area contributed by atoms with Crippen molar-refractivity contribution >= 4 is 61.9 Å². The number of nitrogens with zero attached hydrogens (tertiary/aromatic N) is 14. The number of rotatable bonds is 13. The van der Waals surface area contributed by atoms with Crippen molar-refractivity contribution in [3.63, 3.8) is 0 Å². The molecule has 3 N–H and O–H groups in total. The fourth-order valence-electron chi connectivity index (χ4n) is 5.57. The Labute approximate surface area is 330 Å². The van der Waals surface area contributed by atoms with Crippen molar-refractivity contribution in [2.45, 2.75) is 26.9 Å². The van der Waals surface area contributed by atoms with Crippen molar-refractivity contribution in [2.75, 3.05) is 33.4 Å². The number of ether oxygens (including phenoxy) is 1. The normalized spacial score (nSPS) is 11.8. The molecule has 0 aliphatic heterocycles. The summed E-state index contributed by atoms with van der Waals surface area (Å²) >= 11 is 0. The smallest absolute Gasteiger partial charge is 0.406 e. The number of methoxy groups -OCH3 is 1. The Morgan fingerprint density at radius 1 is 0.724 bits per heavy atom. The van der Waals surface area contributed by atoms with Gasteiger partial charge in [-0.15, -0.1) is 10.2 Å². The van der Waals surface area contributed by atoms with Crippen LogP contribution in [-0.4, -0.2) is 111 Å². The monoisotopic (exact) mass is 782 g/mol. The number of oxime groups is 2. The van der Waals surface area contributed by atoms with Crippen LogP contribution in [0.25, 0.3) is 44.4 Å². The van der Waals surface area contributed by atoms with Crippen molar-refractivity contribution < 1.29 is 19.2 Å². The van der Waals surface area contributed by atoms with Crippen LogP contribution in [-0.2, 0) is 27.5 Å². The van der Waals surface area contributed by atoms with E-state index in [9.17, 15) is 4.79 Å². The lowest BCUT2D eigenvalue weighted by molar-refractivity contribution is 0.136. The van der Waals surface area contributed by atoms with Gasteiger partial charge in [0.1, 0.15) is 36.0 Å². The number of alkyl carbamates (subject to hydrolysis) is 1. The molecule has 294 valence electrons. The maximum Gasteiger partial charge on any atom is 0.406 e. The second kappa shape index (κ2) is 18.3. The average molecular weight is 783 g/mol. The van der Waals surface area contributed by atoms with Gasteiger partial charge in [0.15, 0.2) is 11.3 Å². The van der Waals surface area contributed by atoms with Crippen LogP contribution < -0.4 is 11.1 Å². The Kier molecular flexibility index (Phi) is 12.2. The number of fused-ring (bicyclic) bond motifs is 4. The summed E-state index contributed by atoms with van der Waals surface area (Å²) < 4.78 is 7.89. The van der Waals surface area contributed by atoms with Crippen molar-refractivity contribution in [1.29, 1.82) is 0 Å². The molecule has 0 aliphatic carbocycles. The lowest BCUT2D eigenvalue weighted by Crippen LogP contribution is -2.26. The van der Waals surface area contributed by atoms with E-state index in [0.717, 1.165) is 32.9 Å². The number of hydrogen-bond donors (Lipinski definition) is 2. The molecule has 2 aromatic carbocycles. The summed E-state index contributed by atoms with van der Waals surface area (Å²) in [4.78, 5) is 47.8. The first-order valence-corrected chi connectivity index (χ1v) is 18.0. The van der Waals surface area contributed by atoms with Gasteiger partial charge in [0.05, 0.1) is 50.2 Å². The Bertz CT molecular complexity index is 2750. The number of benzene rings is 2. The predicted octanol–water partition coefficient (Wildman–Crippen LogP) is 3.43. The van der Waals surface area contributed by atoms with Gasteiger partial charge in [-0.1, -0.05) is 45.0 Å². The Balaban J connectivity index is 0.000000178. The van der Waals surface area contributed by atoms with Gasteiger partial charge >= 0.3 is 6.09 Å². The second-order valence-electron chi connectivity index (χ2n) is 12.6. The molecule has 0 saturated carbocycles. The van der Waals surface area contributed by atoms with E-state index in [1.54, 1.807) is 48.0 Å². The second-order valence-corrected chi connectivity index (χ2v) is 12.6. The molecule has 8 aromatic rings. The maximum absolute atomic E-state index is 11.0. The van der Waals surface area contributed by atoms with Gasteiger partial charge in [0, 0.05) is 29.7 Å². The fourth-order valence-corrected chi connectivity index (χ4v) is 5.57. The van der Waals surface area contributed by atoms with Crippen molar-refractivity contribution in [2.24, 2.45) is 16.0 Å². The van der Waals surface area contributed by atoms with Gasteiger partial charge in [0.2, 0.25) is 11.3 Å². The van der Waals surface area contributed by atoms with Gasteiger partial charge in [-0.05, 0) is 61.4 Å². The topological polar surface area (TPSA) is 246 Å². The molecule has 0 atom stereocenters. The van der Waals surface area contributed by atoms with Crippen LogP contribution in [0.3, 0.4) is 0 Å². The quantitative estimate of drug-likeness (QED) is 0.0966. The van der Waals surface area contributed by atoms with Crippen LogP contribution in [0.5, 0.6) is 0 Å². The lowest BCUT2D eigenvalue weighted by Gasteiger charge is -2.05. The Morgan fingerprint density at radius 2 is 1.24 bits per heavy atom.